The lowest BCUT2D eigenvalue weighted by molar-refractivity contribution is -0.137. The van der Waals surface area contributed by atoms with Crippen LogP contribution in [0.25, 0.3) is 0 Å². The van der Waals surface area contributed by atoms with Crippen LogP contribution < -0.4 is 15.4 Å². The highest BCUT2D eigenvalue weighted by Crippen LogP contribution is 2.34. The van der Waals surface area contributed by atoms with Gasteiger partial charge in [0.2, 0.25) is 16.0 Å². The third-order valence-electron chi connectivity index (χ3n) is 4.90. The number of amides is 1. The summed E-state index contributed by atoms with van der Waals surface area (Å²) in [4.78, 5) is 21.2. The highest BCUT2D eigenvalue weighted by Gasteiger charge is 2.35. The number of carbonyl (C=O) groups excluding carboxylic acids is 1. The maximum Gasteiger partial charge on any atom is 0.421 e. The first-order valence-electron chi connectivity index (χ1n) is 10.6. The number of rotatable bonds is 8. The molecule has 3 aromatic rings. The number of nitrogens with zero attached hydrogens (tertiary/aromatic N) is 3. The average molecular weight is 523 g/mol. The van der Waals surface area contributed by atoms with E-state index in [4.69, 9.17) is 0 Å². The van der Waals surface area contributed by atoms with Crippen LogP contribution >= 0.6 is 0 Å². The van der Waals surface area contributed by atoms with Crippen LogP contribution in [0.4, 0.5) is 36.3 Å². The summed E-state index contributed by atoms with van der Waals surface area (Å²) in [5.74, 6) is -0.777. The second kappa shape index (κ2) is 10.4. The molecule has 1 amide bonds. The third kappa shape index (κ3) is 7.07. The fraction of sp³-hybridized carbons (Fsp3) is 0.261. The van der Waals surface area contributed by atoms with E-state index in [1.165, 1.54) is 4.90 Å². The zero-order valence-corrected chi connectivity index (χ0v) is 20.8. The van der Waals surface area contributed by atoms with Crippen molar-refractivity contribution in [1.29, 1.82) is 0 Å². The van der Waals surface area contributed by atoms with Gasteiger partial charge in [0.1, 0.15) is 11.4 Å². The van der Waals surface area contributed by atoms with E-state index in [0.29, 0.717) is 23.0 Å². The normalized spacial score (nSPS) is 11.6. The number of alkyl halides is 3. The van der Waals surface area contributed by atoms with Crippen molar-refractivity contribution in [2.24, 2.45) is 0 Å². The van der Waals surface area contributed by atoms with Gasteiger partial charge in [-0.05, 0) is 48.4 Å². The number of aryl methyl sites for hydroxylation is 1. The van der Waals surface area contributed by atoms with Crippen molar-refractivity contribution in [3.05, 3.63) is 70.9 Å². The van der Waals surface area contributed by atoms with Gasteiger partial charge in [-0.25, -0.2) is 13.4 Å². The van der Waals surface area contributed by atoms with Gasteiger partial charge < -0.3 is 15.5 Å². The number of halogens is 3. The second-order valence-corrected chi connectivity index (χ2v) is 9.99. The summed E-state index contributed by atoms with van der Waals surface area (Å²) in [6.45, 7) is 1.62. The van der Waals surface area contributed by atoms with Crippen LogP contribution in [0.1, 0.15) is 27.0 Å². The lowest BCUT2D eigenvalue weighted by Crippen LogP contribution is -2.21. The van der Waals surface area contributed by atoms with Crippen LogP contribution in [0.15, 0.2) is 48.7 Å². The fourth-order valence-corrected chi connectivity index (χ4v) is 3.78. The molecule has 0 fully saturated rings. The monoisotopic (exact) mass is 522 g/mol. The number of sulfonamides is 1. The molecule has 0 spiro atoms. The Morgan fingerprint density at radius 3 is 2.33 bits per heavy atom. The molecule has 0 bridgehead atoms. The Morgan fingerprint density at radius 2 is 1.75 bits per heavy atom. The zero-order valence-electron chi connectivity index (χ0n) is 19.9. The summed E-state index contributed by atoms with van der Waals surface area (Å²) in [6.07, 6.45) is -3.08. The lowest BCUT2D eigenvalue weighted by Gasteiger charge is -2.17. The Kier molecular flexibility index (Phi) is 7.72. The fourth-order valence-electron chi connectivity index (χ4n) is 3.19. The summed E-state index contributed by atoms with van der Waals surface area (Å²) in [5, 5.41) is 5.47. The van der Waals surface area contributed by atoms with E-state index in [9.17, 15) is 26.4 Å². The number of benzene rings is 2. The SMILES string of the molecule is Cc1ccc(CNc2nc(Nc3ccc(C(=O)N(C)C)cc3)ncc2C(F)(F)F)c(NS(C)(=O)=O)c1. The minimum atomic E-state index is -4.73. The quantitative estimate of drug-likeness (QED) is 0.405. The van der Waals surface area contributed by atoms with E-state index < -0.39 is 27.6 Å². The molecule has 36 heavy (non-hydrogen) atoms. The minimum absolute atomic E-state index is 0.101. The molecular formula is C23H25F3N6O3S. The Bertz CT molecular complexity index is 1360. The summed E-state index contributed by atoms with van der Waals surface area (Å²) in [7, 11) is -0.361. The molecule has 0 aliphatic heterocycles. The number of hydrogen-bond donors (Lipinski definition) is 3. The molecule has 0 unspecified atom stereocenters. The molecule has 0 radical (unpaired) electrons. The molecule has 13 heteroatoms. The smallest absolute Gasteiger partial charge is 0.365 e. The van der Waals surface area contributed by atoms with Crippen molar-refractivity contribution in [3.8, 4) is 0 Å². The first-order valence-corrected chi connectivity index (χ1v) is 12.5. The largest absolute Gasteiger partial charge is 0.421 e. The molecule has 3 N–H and O–H groups in total. The minimum Gasteiger partial charge on any atom is -0.365 e. The number of carbonyl (C=O) groups is 1. The highest BCUT2D eigenvalue weighted by molar-refractivity contribution is 7.92. The molecule has 0 aliphatic rings. The van der Waals surface area contributed by atoms with Crippen molar-refractivity contribution >= 4 is 39.1 Å². The van der Waals surface area contributed by atoms with E-state index in [1.54, 1.807) is 63.5 Å². The summed E-state index contributed by atoms with van der Waals surface area (Å²) < 4.78 is 66.6. The number of anilines is 4. The standard InChI is InChI=1S/C23H25F3N6O3S/c1-14-5-6-16(19(11-14)31-36(4,34)35)12-27-20-18(23(24,25)26)13-28-22(30-20)29-17-9-7-15(8-10-17)21(33)32(2)3/h5-11,13,31H,12H2,1-4H3,(H2,27,28,29,30). The van der Waals surface area contributed by atoms with Crippen molar-refractivity contribution in [2.45, 2.75) is 19.6 Å². The second-order valence-electron chi connectivity index (χ2n) is 8.24. The zero-order chi connectivity index (χ0) is 26.7. The molecule has 1 aromatic heterocycles. The van der Waals surface area contributed by atoms with Crippen LogP contribution in [0.3, 0.4) is 0 Å². The molecule has 0 saturated carbocycles. The van der Waals surface area contributed by atoms with E-state index in [-0.39, 0.29) is 24.1 Å². The van der Waals surface area contributed by atoms with Gasteiger partial charge in [0.05, 0.1) is 11.9 Å². The summed E-state index contributed by atoms with van der Waals surface area (Å²) in [5.41, 5.74) is 1.27. The maximum absolute atomic E-state index is 13.6. The van der Waals surface area contributed by atoms with Gasteiger partial charge in [-0.15, -0.1) is 0 Å². The summed E-state index contributed by atoms with van der Waals surface area (Å²) >= 11 is 0. The summed E-state index contributed by atoms with van der Waals surface area (Å²) in [6, 6.07) is 11.2. The maximum atomic E-state index is 13.6. The van der Waals surface area contributed by atoms with E-state index in [2.05, 4.69) is 25.3 Å². The van der Waals surface area contributed by atoms with E-state index in [0.717, 1.165) is 11.8 Å². The van der Waals surface area contributed by atoms with Gasteiger partial charge >= 0.3 is 6.18 Å². The van der Waals surface area contributed by atoms with Gasteiger partial charge in [-0.3, -0.25) is 9.52 Å². The molecule has 2 aromatic carbocycles. The number of hydrogen-bond acceptors (Lipinski definition) is 7. The van der Waals surface area contributed by atoms with Gasteiger partial charge in [0, 0.05) is 38.1 Å². The Balaban J connectivity index is 1.87. The average Bonchev–Trinajstić information content (AvgIpc) is 2.77. The van der Waals surface area contributed by atoms with Crippen molar-refractivity contribution in [1.82, 2.24) is 14.9 Å². The molecule has 9 nitrogen and oxygen atoms in total. The van der Waals surface area contributed by atoms with Crippen molar-refractivity contribution < 1.29 is 26.4 Å². The van der Waals surface area contributed by atoms with E-state index in [1.807, 2.05) is 0 Å². The molecule has 1 heterocycles. The molecule has 0 atom stereocenters. The lowest BCUT2D eigenvalue weighted by atomic mass is 10.1. The topological polar surface area (TPSA) is 116 Å². The van der Waals surface area contributed by atoms with Crippen molar-refractivity contribution in [3.63, 3.8) is 0 Å². The molecule has 192 valence electrons. The third-order valence-corrected chi connectivity index (χ3v) is 5.49. The van der Waals surface area contributed by atoms with Gasteiger partial charge in [-0.1, -0.05) is 12.1 Å². The van der Waals surface area contributed by atoms with Gasteiger partial charge in [0.15, 0.2) is 0 Å². The van der Waals surface area contributed by atoms with E-state index >= 15 is 0 Å². The predicted octanol–water partition coefficient (Wildman–Crippen LogP) is 4.23. The molecule has 3 rings (SSSR count). The van der Waals surface area contributed by atoms with Crippen LogP contribution in [-0.4, -0.2) is 49.5 Å². The Morgan fingerprint density at radius 1 is 1.08 bits per heavy atom. The van der Waals surface area contributed by atoms with Crippen LogP contribution in [0.2, 0.25) is 0 Å². The first kappa shape index (κ1) is 26.7. The first-order chi connectivity index (χ1) is 16.7. The highest BCUT2D eigenvalue weighted by atomic mass is 32.2. The van der Waals surface area contributed by atoms with Gasteiger partial charge in [0.25, 0.3) is 5.91 Å². The van der Waals surface area contributed by atoms with Gasteiger partial charge in [-0.2, -0.15) is 18.2 Å². The predicted molar refractivity (Wildman–Crippen MR) is 132 cm³/mol. The number of nitrogens with one attached hydrogen (secondary N) is 3. The van der Waals surface area contributed by atoms with Crippen LogP contribution in [0, 0.1) is 6.92 Å². The van der Waals surface area contributed by atoms with Crippen molar-refractivity contribution in [2.75, 3.05) is 35.7 Å². The molecule has 0 saturated heterocycles. The molecular weight excluding hydrogens is 497 g/mol. The molecule has 0 aliphatic carbocycles. The Hall–Kier alpha value is -3.87. The Labute approximate surface area is 206 Å². The number of aromatic nitrogens is 2. The van der Waals surface area contributed by atoms with Crippen LogP contribution in [-0.2, 0) is 22.7 Å². The van der Waals surface area contributed by atoms with Crippen LogP contribution in [0.5, 0.6) is 0 Å².